The summed E-state index contributed by atoms with van der Waals surface area (Å²) in [6.07, 6.45) is 1.14. The molecule has 1 amide bonds. The van der Waals surface area contributed by atoms with Gasteiger partial charge in [-0.1, -0.05) is 75.0 Å². The number of aliphatic carboxylic acids is 1. The number of aromatic nitrogens is 2. The summed E-state index contributed by atoms with van der Waals surface area (Å²) in [5, 5.41) is 13.6. The summed E-state index contributed by atoms with van der Waals surface area (Å²) < 4.78 is 1.84. The number of benzene rings is 2. The first kappa shape index (κ1) is 22.9. The van der Waals surface area contributed by atoms with Gasteiger partial charge in [-0.15, -0.1) is 0 Å². The number of nitrogens with zero attached hydrogens (tertiary/aromatic N) is 2. The minimum Gasteiger partial charge on any atom is -0.480 e. The minimum absolute atomic E-state index is 0.00196. The van der Waals surface area contributed by atoms with Gasteiger partial charge in [-0.3, -0.25) is 4.79 Å². The summed E-state index contributed by atoms with van der Waals surface area (Å²) in [5.74, 6) is -0.140. The highest BCUT2D eigenvalue weighted by molar-refractivity contribution is 7.99. The van der Waals surface area contributed by atoms with E-state index < -0.39 is 17.4 Å². The number of nitrogens with one attached hydrogen (secondary N) is 1. The van der Waals surface area contributed by atoms with Crippen molar-refractivity contribution in [2.24, 2.45) is 5.41 Å². The Morgan fingerprint density at radius 3 is 2.45 bits per heavy atom. The van der Waals surface area contributed by atoms with E-state index in [4.69, 9.17) is 4.98 Å². The lowest BCUT2D eigenvalue weighted by Crippen LogP contribution is -2.32. The SMILES string of the molecule is CC(C)(C)C(C(=O)O)n1c(SCCCNC(=O)Cc2ccccc2)nc2ccccc21. The second-order valence-electron chi connectivity index (χ2n) is 8.57. The number of hydrogen-bond acceptors (Lipinski definition) is 4. The molecule has 3 rings (SSSR count). The molecule has 1 aromatic heterocycles. The van der Waals surface area contributed by atoms with Crippen LogP contribution in [0, 0.1) is 5.41 Å². The van der Waals surface area contributed by atoms with Crippen molar-refractivity contribution in [3.8, 4) is 0 Å². The number of carbonyl (C=O) groups is 2. The maximum atomic E-state index is 12.1. The summed E-state index contributed by atoms with van der Waals surface area (Å²) in [4.78, 5) is 28.9. The fourth-order valence-corrected chi connectivity index (χ4v) is 4.53. The summed E-state index contributed by atoms with van der Waals surface area (Å²) in [7, 11) is 0. The molecule has 7 heteroatoms. The van der Waals surface area contributed by atoms with Crippen molar-refractivity contribution in [1.82, 2.24) is 14.9 Å². The van der Waals surface area contributed by atoms with Crippen LogP contribution >= 0.6 is 11.8 Å². The maximum absolute atomic E-state index is 12.1. The van der Waals surface area contributed by atoms with Crippen LogP contribution in [0.4, 0.5) is 0 Å². The van der Waals surface area contributed by atoms with Crippen molar-refractivity contribution in [2.45, 2.75) is 44.8 Å². The van der Waals surface area contributed by atoms with Crippen LogP contribution in [0.25, 0.3) is 11.0 Å². The van der Waals surface area contributed by atoms with E-state index in [2.05, 4.69) is 5.32 Å². The molecule has 0 bridgehead atoms. The summed E-state index contributed by atoms with van der Waals surface area (Å²) >= 11 is 1.53. The molecule has 0 saturated heterocycles. The molecule has 3 aromatic rings. The molecule has 1 atom stereocenters. The average Bonchev–Trinajstić information content (AvgIpc) is 3.05. The third-order valence-electron chi connectivity index (χ3n) is 4.96. The van der Waals surface area contributed by atoms with E-state index in [0.29, 0.717) is 18.1 Å². The van der Waals surface area contributed by atoms with Gasteiger partial charge in [0.05, 0.1) is 17.5 Å². The van der Waals surface area contributed by atoms with Gasteiger partial charge in [0.2, 0.25) is 5.91 Å². The Morgan fingerprint density at radius 2 is 1.77 bits per heavy atom. The Bertz CT molecular complexity index is 1040. The third-order valence-corrected chi connectivity index (χ3v) is 6.00. The van der Waals surface area contributed by atoms with Gasteiger partial charge in [-0.2, -0.15) is 0 Å². The first-order chi connectivity index (χ1) is 14.8. The summed E-state index contributed by atoms with van der Waals surface area (Å²) in [6.45, 7) is 6.35. The number of thioether (sulfide) groups is 1. The van der Waals surface area contributed by atoms with Crippen molar-refractivity contribution in [3.63, 3.8) is 0 Å². The summed E-state index contributed by atoms with van der Waals surface area (Å²) in [6, 6.07) is 16.6. The number of imidazole rings is 1. The molecule has 31 heavy (non-hydrogen) atoms. The van der Waals surface area contributed by atoms with Gasteiger partial charge in [-0.05, 0) is 29.5 Å². The Morgan fingerprint density at radius 1 is 1.10 bits per heavy atom. The molecule has 0 saturated carbocycles. The van der Waals surface area contributed by atoms with Gasteiger partial charge in [0, 0.05) is 12.3 Å². The minimum atomic E-state index is -0.870. The lowest BCUT2D eigenvalue weighted by atomic mass is 9.86. The molecule has 2 aromatic carbocycles. The highest BCUT2D eigenvalue weighted by Gasteiger charge is 2.35. The second-order valence-corrected chi connectivity index (χ2v) is 9.64. The van der Waals surface area contributed by atoms with Gasteiger partial charge in [-0.25, -0.2) is 9.78 Å². The van der Waals surface area contributed by atoms with Crippen LogP contribution in [-0.2, 0) is 16.0 Å². The van der Waals surface area contributed by atoms with Crippen LogP contribution in [0.1, 0.15) is 38.8 Å². The van der Waals surface area contributed by atoms with Crippen LogP contribution in [0.2, 0.25) is 0 Å². The van der Waals surface area contributed by atoms with Gasteiger partial charge < -0.3 is 15.0 Å². The molecule has 0 aliphatic heterocycles. The number of fused-ring (bicyclic) bond motifs is 1. The van der Waals surface area contributed by atoms with E-state index in [1.54, 1.807) is 0 Å². The predicted octanol–water partition coefficient (Wildman–Crippen LogP) is 4.55. The zero-order chi connectivity index (χ0) is 22.4. The van der Waals surface area contributed by atoms with Crippen LogP contribution < -0.4 is 5.32 Å². The monoisotopic (exact) mass is 439 g/mol. The standard InChI is InChI=1S/C24H29N3O3S/c1-24(2,3)21(22(29)30)27-19-13-8-7-12-18(19)26-23(27)31-15-9-14-25-20(28)16-17-10-5-4-6-11-17/h4-8,10-13,21H,9,14-16H2,1-3H3,(H,25,28)(H,29,30). The number of amides is 1. The van der Waals surface area contributed by atoms with Gasteiger partial charge in [0.15, 0.2) is 5.16 Å². The lowest BCUT2D eigenvalue weighted by Gasteiger charge is -2.29. The van der Waals surface area contributed by atoms with Gasteiger partial charge >= 0.3 is 5.97 Å². The van der Waals surface area contributed by atoms with Crippen molar-refractivity contribution < 1.29 is 14.7 Å². The molecule has 0 aliphatic carbocycles. The fourth-order valence-electron chi connectivity index (χ4n) is 3.55. The first-order valence-corrected chi connectivity index (χ1v) is 11.4. The molecule has 0 aliphatic rings. The molecule has 0 radical (unpaired) electrons. The molecule has 2 N–H and O–H groups in total. The molecule has 0 fully saturated rings. The smallest absolute Gasteiger partial charge is 0.327 e. The van der Waals surface area contributed by atoms with E-state index >= 15 is 0 Å². The lowest BCUT2D eigenvalue weighted by molar-refractivity contribution is -0.144. The average molecular weight is 440 g/mol. The summed E-state index contributed by atoms with van der Waals surface area (Å²) in [5.41, 5.74) is 2.13. The number of carboxylic acids is 1. The molecule has 6 nitrogen and oxygen atoms in total. The van der Waals surface area contributed by atoms with Crippen molar-refractivity contribution in [1.29, 1.82) is 0 Å². The number of hydrogen-bond donors (Lipinski definition) is 2. The number of carboxylic acid groups (broad SMARTS) is 1. The van der Waals surface area contributed by atoms with Crippen molar-refractivity contribution in [2.75, 3.05) is 12.3 Å². The predicted molar refractivity (Wildman–Crippen MR) is 124 cm³/mol. The maximum Gasteiger partial charge on any atom is 0.327 e. The fraction of sp³-hybridized carbons (Fsp3) is 0.375. The normalized spacial score (nSPS) is 12.6. The Hall–Kier alpha value is -2.80. The molecular weight excluding hydrogens is 410 g/mol. The van der Waals surface area contributed by atoms with Crippen molar-refractivity contribution in [3.05, 3.63) is 60.2 Å². The zero-order valence-corrected chi connectivity index (χ0v) is 19.0. The number of carbonyl (C=O) groups excluding carboxylic acids is 1. The first-order valence-electron chi connectivity index (χ1n) is 10.4. The van der Waals surface area contributed by atoms with Crippen LogP contribution in [0.3, 0.4) is 0 Å². The van der Waals surface area contributed by atoms with E-state index in [-0.39, 0.29) is 5.91 Å². The molecule has 1 heterocycles. The molecule has 1 unspecified atom stereocenters. The second kappa shape index (κ2) is 10.0. The zero-order valence-electron chi connectivity index (χ0n) is 18.2. The van der Waals surface area contributed by atoms with E-state index in [0.717, 1.165) is 28.8 Å². The third kappa shape index (κ3) is 5.88. The number of para-hydroxylation sites is 2. The van der Waals surface area contributed by atoms with E-state index in [1.165, 1.54) is 11.8 Å². The molecule has 164 valence electrons. The Kier molecular flexibility index (Phi) is 7.38. The van der Waals surface area contributed by atoms with Crippen LogP contribution in [-0.4, -0.2) is 38.8 Å². The Balaban J connectivity index is 1.64. The Labute approximate surface area is 187 Å². The van der Waals surface area contributed by atoms with E-state index in [9.17, 15) is 14.7 Å². The van der Waals surface area contributed by atoms with Gasteiger partial charge in [0.25, 0.3) is 0 Å². The largest absolute Gasteiger partial charge is 0.480 e. The van der Waals surface area contributed by atoms with Crippen LogP contribution in [0.5, 0.6) is 0 Å². The molecular formula is C24H29N3O3S. The highest BCUT2D eigenvalue weighted by atomic mass is 32.2. The van der Waals surface area contributed by atoms with Crippen LogP contribution in [0.15, 0.2) is 59.8 Å². The quantitative estimate of drug-likeness (QED) is 0.377. The topological polar surface area (TPSA) is 84.2 Å². The molecule has 0 spiro atoms. The number of rotatable bonds is 9. The van der Waals surface area contributed by atoms with E-state index in [1.807, 2.05) is 79.9 Å². The van der Waals surface area contributed by atoms with Crippen molar-refractivity contribution >= 4 is 34.7 Å². The highest BCUT2D eigenvalue weighted by Crippen LogP contribution is 2.37. The van der Waals surface area contributed by atoms with Gasteiger partial charge in [0.1, 0.15) is 6.04 Å².